The number of carbonyl (C=O) groups is 3. The van der Waals surface area contributed by atoms with Gasteiger partial charge in [-0.3, -0.25) is 9.59 Å². The highest BCUT2D eigenvalue weighted by molar-refractivity contribution is 5.92. The molecular weight excluding hydrogens is 260 g/mol. The van der Waals surface area contributed by atoms with Crippen LogP contribution in [0.1, 0.15) is 29.3 Å². The molecule has 20 heavy (non-hydrogen) atoms. The second-order valence-electron chi connectivity index (χ2n) is 4.27. The summed E-state index contributed by atoms with van der Waals surface area (Å²) in [5, 5.41) is 14.1. The largest absolute Gasteiger partial charge is 0.478 e. The van der Waals surface area contributed by atoms with E-state index in [1.165, 1.54) is 6.07 Å². The summed E-state index contributed by atoms with van der Waals surface area (Å²) in [5.41, 5.74) is 0.518. The first kappa shape index (κ1) is 15.7. The Hall–Kier alpha value is -2.37. The van der Waals surface area contributed by atoms with E-state index in [2.05, 4.69) is 10.6 Å². The maximum Gasteiger partial charge on any atom is 0.335 e. The number of carboxylic acid groups (broad SMARTS) is 1. The Balaban J connectivity index is 2.51. The van der Waals surface area contributed by atoms with Crippen LogP contribution in [0, 0.1) is 0 Å². The average molecular weight is 278 g/mol. The zero-order valence-electron chi connectivity index (χ0n) is 11.3. The van der Waals surface area contributed by atoms with Gasteiger partial charge in [0, 0.05) is 6.54 Å². The van der Waals surface area contributed by atoms with Crippen molar-refractivity contribution in [2.24, 2.45) is 0 Å². The summed E-state index contributed by atoms with van der Waals surface area (Å²) >= 11 is 0. The van der Waals surface area contributed by atoms with Gasteiger partial charge in [0.1, 0.15) is 0 Å². The lowest BCUT2D eigenvalue weighted by atomic mass is 10.0. The van der Waals surface area contributed by atoms with Gasteiger partial charge < -0.3 is 15.7 Å². The molecule has 0 spiro atoms. The van der Waals surface area contributed by atoms with Crippen LogP contribution in [0.5, 0.6) is 0 Å². The van der Waals surface area contributed by atoms with Gasteiger partial charge in [0.15, 0.2) is 0 Å². The molecular formula is C14H18N2O4. The molecule has 108 valence electrons. The van der Waals surface area contributed by atoms with Crippen molar-refractivity contribution in [3.05, 3.63) is 35.4 Å². The van der Waals surface area contributed by atoms with Crippen molar-refractivity contribution in [1.82, 2.24) is 10.6 Å². The molecule has 2 amide bonds. The molecule has 0 aliphatic heterocycles. The van der Waals surface area contributed by atoms with Crippen LogP contribution < -0.4 is 10.6 Å². The standard InChI is InChI=1S/C14H18N2O4/c1-2-7-15-13(18)9-16-12(17)8-10-5-3-4-6-11(10)14(19)20/h3-6H,2,7-9H2,1H3,(H,15,18)(H,16,17)(H,19,20). The molecule has 0 saturated heterocycles. The molecule has 1 aromatic carbocycles. The predicted molar refractivity (Wildman–Crippen MR) is 73.4 cm³/mol. The smallest absolute Gasteiger partial charge is 0.335 e. The number of aromatic carboxylic acids is 1. The highest BCUT2D eigenvalue weighted by atomic mass is 16.4. The van der Waals surface area contributed by atoms with E-state index in [0.717, 1.165) is 6.42 Å². The Labute approximate surface area is 117 Å². The number of hydrogen-bond donors (Lipinski definition) is 3. The Morgan fingerprint density at radius 2 is 1.80 bits per heavy atom. The summed E-state index contributed by atoms with van der Waals surface area (Å²) in [6.45, 7) is 2.40. The molecule has 1 rings (SSSR count). The fourth-order valence-corrected chi connectivity index (χ4v) is 1.62. The average Bonchev–Trinajstić information content (AvgIpc) is 2.43. The summed E-state index contributed by atoms with van der Waals surface area (Å²) in [4.78, 5) is 34.0. The Bertz CT molecular complexity index is 500. The van der Waals surface area contributed by atoms with Gasteiger partial charge in [-0.05, 0) is 18.1 Å². The van der Waals surface area contributed by atoms with Crippen LogP contribution in [0.25, 0.3) is 0 Å². The van der Waals surface area contributed by atoms with Crippen molar-refractivity contribution in [3.8, 4) is 0 Å². The first-order valence-corrected chi connectivity index (χ1v) is 6.39. The van der Waals surface area contributed by atoms with Gasteiger partial charge in [-0.2, -0.15) is 0 Å². The number of amides is 2. The predicted octanol–water partition coefficient (Wildman–Crippen LogP) is 0.570. The molecule has 0 saturated carbocycles. The highest BCUT2D eigenvalue weighted by Gasteiger charge is 2.12. The van der Waals surface area contributed by atoms with E-state index in [1.807, 2.05) is 6.92 Å². The molecule has 0 aliphatic carbocycles. The molecule has 0 atom stereocenters. The lowest BCUT2D eigenvalue weighted by Crippen LogP contribution is -2.37. The van der Waals surface area contributed by atoms with Crippen molar-refractivity contribution in [3.63, 3.8) is 0 Å². The fourth-order valence-electron chi connectivity index (χ4n) is 1.62. The molecule has 0 radical (unpaired) electrons. The lowest BCUT2D eigenvalue weighted by Gasteiger charge is -2.07. The Morgan fingerprint density at radius 3 is 2.45 bits per heavy atom. The topological polar surface area (TPSA) is 95.5 Å². The fraction of sp³-hybridized carbons (Fsp3) is 0.357. The van der Waals surface area contributed by atoms with Gasteiger partial charge in [-0.15, -0.1) is 0 Å². The molecule has 3 N–H and O–H groups in total. The van der Waals surface area contributed by atoms with Crippen LogP contribution in [0.15, 0.2) is 24.3 Å². The van der Waals surface area contributed by atoms with E-state index in [0.29, 0.717) is 12.1 Å². The number of benzene rings is 1. The number of nitrogens with one attached hydrogen (secondary N) is 2. The summed E-state index contributed by atoms with van der Waals surface area (Å²) in [6, 6.07) is 6.30. The third kappa shape index (κ3) is 5.09. The number of carboxylic acids is 1. The van der Waals surface area contributed by atoms with Gasteiger partial charge >= 0.3 is 5.97 Å². The molecule has 1 aromatic rings. The molecule has 6 nitrogen and oxygen atoms in total. The Kier molecular flexibility index (Phi) is 6.22. The van der Waals surface area contributed by atoms with Crippen LogP contribution in [-0.4, -0.2) is 36.0 Å². The summed E-state index contributed by atoms with van der Waals surface area (Å²) in [6.07, 6.45) is 0.759. The molecule has 0 unspecified atom stereocenters. The zero-order chi connectivity index (χ0) is 15.0. The van der Waals surface area contributed by atoms with Crippen LogP contribution in [0.2, 0.25) is 0 Å². The molecule has 6 heteroatoms. The normalized spacial score (nSPS) is 9.85. The second kappa shape index (κ2) is 7.93. The summed E-state index contributed by atoms with van der Waals surface area (Å²) in [7, 11) is 0. The van der Waals surface area contributed by atoms with Gasteiger partial charge in [0.2, 0.25) is 11.8 Å². The highest BCUT2D eigenvalue weighted by Crippen LogP contribution is 2.09. The maximum absolute atomic E-state index is 11.7. The van der Waals surface area contributed by atoms with Gasteiger partial charge in [0.25, 0.3) is 0 Å². The van der Waals surface area contributed by atoms with E-state index >= 15 is 0 Å². The zero-order valence-corrected chi connectivity index (χ0v) is 11.3. The minimum Gasteiger partial charge on any atom is -0.478 e. The molecule has 0 aliphatic rings. The van der Waals surface area contributed by atoms with Crippen molar-refractivity contribution in [2.45, 2.75) is 19.8 Å². The van der Waals surface area contributed by atoms with Crippen LogP contribution >= 0.6 is 0 Å². The van der Waals surface area contributed by atoms with E-state index in [1.54, 1.807) is 18.2 Å². The minimum atomic E-state index is -1.07. The Morgan fingerprint density at radius 1 is 1.10 bits per heavy atom. The molecule has 0 bridgehead atoms. The van der Waals surface area contributed by atoms with Crippen molar-refractivity contribution in [2.75, 3.05) is 13.1 Å². The van der Waals surface area contributed by atoms with Gasteiger partial charge in [-0.25, -0.2) is 4.79 Å². The maximum atomic E-state index is 11.7. The third-order valence-electron chi connectivity index (χ3n) is 2.62. The van der Waals surface area contributed by atoms with E-state index < -0.39 is 5.97 Å². The minimum absolute atomic E-state index is 0.0659. The van der Waals surface area contributed by atoms with Crippen molar-refractivity contribution >= 4 is 17.8 Å². The van der Waals surface area contributed by atoms with Gasteiger partial charge in [0.05, 0.1) is 18.5 Å². The monoisotopic (exact) mass is 278 g/mol. The number of carbonyl (C=O) groups excluding carboxylic acids is 2. The summed E-state index contributed by atoms with van der Waals surface area (Å²) < 4.78 is 0. The number of rotatable bonds is 7. The third-order valence-corrected chi connectivity index (χ3v) is 2.62. The first-order valence-electron chi connectivity index (χ1n) is 6.39. The number of hydrogen-bond acceptors (Lipinski definition) is 3. The van der Waals surface area contributed by atoms with Crippen molar-refractivity contribution < 1.29 is 19.5 Å². The molecule has 0 fully saturated rings. The van der Waals surface area contributed by atoms with Crippen LogP contribution in [-0.2, 0) is 16.0 Å². The SMILES string of the molecule is CCCNC(=O)CNC(=O)Cc1ccccc1C(=O)O. The quantitative estimate of drug-likeness (QED) is 0.679. The van der Waals surface area contributed by atoms with Gasteiger partial charge in [-0.1, -0.05) is 25.1 Å². The van der Waals surface area contributed by atoms with Crippen LogP contribution in [0.3, 0.4) is 0 Å². The van der Waals surface area contributed by atoms with E-state index in [4.69, 9.17) is 5.11 Å². The molecule has 0 heterocycles. The lowest BCUT2D eigenvalue weighted by molar-refractivity contribution is -0.125. The van der Waals surface area contributed by atoms with Crippen molar-refractivity contribution in [1.29, 1.82) is 0 Å². The van der Waals surface area contributed by atoms with E-state index in [9.17, 15) is 14.4 Å². The van der Waals surface area contributed by atoms with Crippen LogP contribution in [0.4, 0.5) is 0 Å². The first-order chi connectivity index (χ1) is 9.54. The molecule has 0 aromatic heterocycles. The summed E-state index contributed by atoms with van der Waals surface area (Å²) in [5.74, 6) is -1.72. The second-order valence-corrected chi connectivity index (χ2v) is 4.27. The van der Waals surface area contributed by atoms with E-state index in [-0.39, 0.29) is 30.3 Å².